The predicted molar refractivity (Wildman–Crippen MR) is 91.7 cm³/mol. The summed E-state index contributed by atoms with van der Waals surface area (Å²) >= 11 is 3.56. The van der Waals surface area contributed by atoms with E-state index in [4.69, 9.17) is 0 Å². The zero-order valence-corrected chi connectivity index (χ0v) is 13.6. The van der Waals surface area contributed by atoms with Crippen LogP contribution in [-0.4, -0.2) is 4.98 Å². The fourth-order valence-corrected chi connectivity index (χ4v) is 3.69. The second-order valence-electron chi connectivity index (χ2n) is 5.80. The van der Waals surface area contributed by atoms with Crippen LogP contribution in [0.15, 0.2) is 46.9 Å². The number of hydrogen-bond acceptors (Lipinski definition) is 1. The highest BCUT2D eigenvalue weighted by atomic mass is 79.9. The molecule has 1 atom stereocenters. The van der Waals surface area contributed by atoms with Crippen molar-refractivity contribution in [2.24, 2.45) is 0 Å². The first kappa shape index (κ1) is 13.8. The Morgan fingerprint density at radius 1 is 1.14 bits per heavy atom. The van der Waals surface area contributed by atoms with Crippen LogP contribution in [-0.2, 0) is 6.42 Å². The first-order valence-electron chi connectivity index (χ1n) is 7.53. The molecular formula is C18H16BrFN2. The van der Waals surface area contributed by atoms with Gasteiger partial charge in [-0.25, -0.2) is 4.39 Å². The van der Waals surface area contributed by atoms with E-state index in [1.807, 2.05) is 0 Å². The van der Waals surface area contributed by atoms with Crippen LogP contribution >= 0.6 is 15.9 Å². The smallest absolute Gasteiger partial charge is 0.123 e. The fourth-order valence-electron chi connectivity index (χ4n) is 3.33. The van der Waals surface area contributed by atoms with Crippen molar-refractivity contribution in [2.45, 2.75) is 25.3 Å². The lowest BCUT2D eigenvalue weighted by Gasteiger charge is -2.24. The van der Waals surface area contributed by atoms with Crippen molar-refractivity contribution < 1.29 is 4.39 Å². The van der Waals surface area contributed by atoms with E-state index in [0.717, 1.165) is 29.4 Å². The zero-order chi connectivity index (χ0) is 15.1. The highest BCUT2D eigenvalue weighted by molar-refractivity contribution is 9.10. The number of aromatic amines is 1. The van der Waals surface area contributed by atoms with Crippen LogP contribution in [0, 0.1) is 5.82 Å². The number of nitrogens with one attached hydrogen (secondary N) is 2. The van der Waals surface area contributed by atoms with Crippen LogP contribution in [0.4, 0.5) is 10.1 Å². The van der Waals surface area contributed by atoms with E-state index < -0.39 is 0 Å². The first-order valence-corrected chi connectivity index (χ1v) is 8.32. The molecule has 0 radical (unpaired) electrons. The molecule has 1 aliphatic carbocycles. The lowest BCUT2D eigenvalue weighted by molar-refractivity contribution is 0.592. The van der Waals surface area contributed by atoms with Crippen molar-refractivity contribution in [1.29, 1.82) is 0 Å². The molecule has 0 spiro atoms. The summed E-state index contributed by atoms with van der Waals surface area (Å²) in [6, 6.07) is 13.2. The maximum Gasteiger partial charge on any atom is 0.123 e. The van der Waals surface area contributed by atoms with Crippen molar-refractivity contribution >= 4 is 32.5 Å². The Balaban J connectivity index is 1.72. The molecule has 2 N–H and O–H groups in total. The fraction of sp³-hybridized carbons (Fsp3) is 0.222. The molecule has 112 valence electrons. The Morgan fingerprint density at radius 3 is 2.77 bits per heavy atom. The molecule has 4 heteroatoms. The minimum Gasteiger partial charge on any atom is -0.377 e. The van der Waals surface area contributed by atoms with Gasteiger partial charge in [-0.1, -0.05) is 15.9 Å². The summed E-state index contributed by atoms with van der Waals surface area (Å²) in [4.78, 5) is 3.57. The van der Waals surface area contributed by atoms with Crippen LogP contribution in [0.1, 0.15) is 30.1 Å². The highest BCUT2D eigenvalue weighted by Crippen LogP contribution is 2.37. The molecule has 22 heavy (non-hydrogen) atoms. The molecule has 0 saturated heterocycles. The second kappa shape index (κ2) is 5.43. The number of anilines is 1. The topological polar surface area (TPSA) is 27.8 Å². The van der Waals surface area contributed by atoms with Gasteiger partial charge in [-0.2, -0.15) is 0 Å². The maximum absolute atomic E-state index is 13.0. The number of aromatic nitrogens is 1. The molecule has 0 bridgehead atoms. The van der Waals surface area contributed by atoms with E-state index in [2.05, 4.69) is 44.4 Å². The van der Waals surface area contributed by atoms with Crippen LogP contribution in [0.5, 0.6) is 0 Å². The Hall–Kier alpha value is -1.81. The van der Waals surface area contributed by atoms with E-state index in [1.54, 1.807) is 12.1 Å². The molecule has 1 heterocycles. The van der Waals surface area contributed by atoms with Gasteiger partial charge in [0.2, 0.25) is 0 Å². The van der Waals surface area contributed by atoms with Gasteiger partial charge in [0.05, 0.1) is 6.04 Å². The Kier molecular flexibility index (Phi) is 3.41. The summed E-state index contributed by atoms with van der Waals surface area (Å²) < 4.78 is 14.2. The van der Waals surface area contributed by atoms with Crippen molar-refractivity contribution in [2.75, 3.05) is 5.32 Å². The number of H-pyrrole nitrogens is 1. The zero-order valence-electron chi connectivity index (χ0n) is 12.0. The molecular weight excluding hydrogens is 343 g/mol. The minimum atomic E-state index is -0.203. The summed E-state index contributed by atoms with van der Waals surface area (Å²) in [5.74, 6) is -0.203. The number of fused-ring (bicyclic) bond motifs is 3. The summed E-state index contributed by atoms with van der Waals surface area (Å²) in [6.07, 6.45) is 3.34. The molecule has 0 saturated carbocycles. The lowest BCUT2D eigenvalue weighted by atomic mass is 9.91. The molecule has 1 aliphatic rings. The molecule has 3 aromatic rings. The van der Waals surface area contributed by atoms with E-state index in [-0.39, 0.29) is 11.9 Å². The van der Waals surface area contributed by atoms with Gasteiger partial charge in [-0.05, 0) is 67.3 Å². The predicted octanol–water partition coefficient (Wildman–Crippen LogP) is 5.56. The minimum absolute atomic E-state index is 0.203. The lowest BCUT2D eigenvalue weighted by Crippen LogP contribution is -2.17. The number of halogens is 2. The SMILES string of the molecule is Fc1ccc(N[C@H]2CCCc3c2[nH]c2ccc(Br)cc32)cc1. The van der Waals surface area contributed by atoms with Gasteiger partial charge in [0.1, 0.15) is 5.82 Å². The molecule has 0 fully saturated rings. The van der Waals surface area contributed by atoms with Gasteiger partial charge in [0, 0.05) is 26.8 Å². The van der Waals surface area contributed by atoms with Crippen molar-refractivity contribution in [1.82, 2.24) is 4.98 Å². The summed E-state index contributed by atoms with van der Waals surface area (Å²) in [7, 11) is 0. The summed E-state index contributed by atoms with van der Waals surface area (Å²) in [5.41, 5.74) is 4.81. The normalized spacial score (nSPS) is 17.5. The van der Waals surface area contributed by atoms with Gasteiger partial charge < -0.3 is 10.3 Å². The number of aryl methyl sites for hydroxylation is 1. The monoisotopic (exact) mass is 358 g/mol. The molecule has 1 aromatic heterocycles. The Labute approximate surface area is 136 Å². The standard InChI is InChI=1S/C18H16BrFN2/c19-11-4-9-16-15(10-11)14-2-1-3-17(18(14)22-16)21-13-7-5-12(20)6-8-13/h4-10,17,21-22H,1-3H2/t17-/m0/s1. The first-order chi connectivity index (χ1) is 10.7. The van der Waals surface area contributed by atoms with Gasteiger partial charge in [-0.15, -0.1) is 0 Å². The Bertz CT molecular complexity index is 823. The third-order valence-electron chi connectivity index (χ3n) is 4.35. The van der Waals surface area contributed by atoms with Gasteiger partial charge >= 0.3 is 0 Å². The van der Waals surface area contributed by atoms with Crippen molar-refractivity contribution in [3.63, 3.8) is 0 Å². The summed E-state index contributed by atoms with van der Waals surface area (Å²) in [6.45, 7) is 0. The molecule has 0 aliphatic heterocycles. The molecule has 4 rings (SSSR count). The highest BCUT2D eigenvalue weighted by Gasteiger charge is 2.24. The van der Waals surface area contributed by atoms with Crippen LogP contribution in [0.2, 0.25) is 0 Å². The van der Waals surface area contributed by atoms with Crippen LogP contribution in [0.3, 0.4) is 0 Å². The molecule has 0 amide bonds. The largest absolute Gasteiger partial charge is 0.377 e. The van der Waals surface area contributed by atoms with E-state index in [1.165, 1.54) is 34.3 Å². The molecule has 0 unspecified atom stereocenters. The van der Waals surface area contributed by atoms with E-state index in [0.29, 0.717) is 0 Å². The third-order valence-corrected chi connectivity index (χ3v) is 4.85. The van der Waals surface area contributed by atoms with Crippen LogP contribution < -0.4 is 5.32 Å². The van der Waals surface area contributed by atoms with Gasteiger partial charge in [0.25, 0.3) is 0 Å². The third kappa shape index (κ3) is 2.41. The second-order valence-corrected chi connectivity index (χ2v) is 6.72. The Morgan fingerprint density at radius 2 is 1.95 bits per heavy atom. The average molecular weight is 359 g/mol. The maximum atomic E-state index is 13.0. The van der Waals surface area contributed by atoms with Crippen molar-refractivity contribution in [3.05, 3.63) is 64.0 Å². The number of benzene rings is 2. The van der Waals surface area contributed by atoms with Gasteiger partial charge in [0.15, 0.2) is 0 Å². The molecule has 2 nitrogen and oxygen atoms in total. The van der Waals surface area contributed by atoms with E-state index in [9.17, 15) is 4.39 Å². The molecule has 2 aromatic carbocycles. The van der Waals surface area contributed by atoms with E-state index >= 15 is 0 Å². The number of rotatable bonds is 2. The summed E-state index contributed by atoms with van der Waals surface area (Å²) in [5, 5.41) is 4.83. The average Bonchev–Trinajstić information content (AvgIpc) is 2.89. The number of hydrogen-bond donors (Lipinski definition) is 2. The van der Waals surface area contributed by atoms with Gasteiger partial charge in [-0.3, -0.25) is 0 Å². The van der Waals surface area contributed by atoms with Crippen molar-refractivity contribution in [3.8, 4) is 0 Å². The quantitative estimate of drug-likeness (QED) is 0.616. The van der Waals surface area contributed by atoms with Crippen LogP contribution in [0.25, 0.3) is 10.9 Å².